The number of anilines is 1. The molecule has 10 heteroatoms. The number of sulfonamides is 1. The Labute approximate surface area is 131 Å². The van der Waals surface area contributed by atoms with Gasteiger partial charge in [0, 0.05) is 6.07 Å². The molecule has 0 spiro atoms. The van der Waals surface area contributed by atoms with E-state index < -0.39 is 26.5 Å². The quantitative estimate of drug-likeness (QED) is 0.632. The third kappa shape index (κ3) is 3.39. The lowest BCUT2D eigenvalue weighted by molar-refractivity contribution is -0.385. The molecule has 0 aliphatic heterocycles. The van der Waals surface area contributed by atoms with Crippen LogP contribution < -0.4 is 4.72 Å². The van der Waals surface area contributed by atoms with Crippen LogP contribution in [0.25, 0.3) is 0 Å². The largest absolute Gasteiger partial charge is 0.276 e. The normalized spacial score (nSPS) is 11.4. The fourth-order valence-corrected chi connectivity index (χ4v) is 4.75. The summed E-state index contributed by atoms with van der Waals surface area (Å²) in [5.74, 6) is -1.01. The maximum absolute atomic E-state index is 13.7. The Bertz CT molecular complexity index is 800. The van der Waals surface area contributed by atoms with E-state index in [-0.39, 0.29) is 9.90 Å². The van der Waals surface area contributed by atoms with E-state index in [1.807, 2.05) is 0 Å². The number of hydrogen-bond acceptors (Lipinski definition) is 5. The summed E-state index contributed by atoms with van der Waals surface area (Å²) in [5, 5.41) is 10.5. The van der Waals surface area contributed by atoms with Crippen LogP contribution in [0.3, 0.4) is 0 Å². The molecule has 0 unspecified atom stereocenters. The molecule has 0 fully saturated rings. The molecule has 0 amide bonds. The highest BCUT2D eigenvalue weighted by atomic mass is 79.9. The summed E-state index contributed by atoms with van der Waals surface area (Å²) in [6, 6.07) is 4.14. The van der Waals surface area contributed by atoms with E-state index in [1.165, 1.54) is 6.07 Å². The second-order valence-corrected chi connectivity index (χ2v) is 8.33. The fraction of sp³-hybridized carbons (Fsp3) is 0.0909. The number of rotatable bonds is 4. The van der Waals surface area contributed by atoms with Crippen molar-refractivity contribution in [3.8, 4) is 0 Å². The van der Waals surface area contributed by atoms with E-state index in [1.54, 1.807) is 6.92 Å². The molecule has 1 heterocycles. The summed E-state index contributed by atoms with van der Waals surface area (Å²) < 4.78 is 40.7. The van der Waals surface area contributed by atoms with Crippen LogP contribution in [0.4, 0.5) is 15.8 Å². The van der Waals surface area contributed by atoms with Crippen molar-refractivity contribution < 1.29 is 17.7 Å². The first-order valence-corrected chi connectivity index (χ1v) is 8.52. The number of thiophene rings is 1. The van der Waals surface area contributed by atoms with Gasteiger partial charge in [0.2, 0.25) is 0 Å². The van der Waals surface area contributed by atoms with Gasteiger partial charge in [-0.2, -0.15) is 0 Å². The predicted molar refractivity (Wildman–Crippen MR) is 80.6 cm³/mol. The highest BCUT2D eigenvalue weighted by Gasteiger charge is 2.21. The predicted octanol–water partition coefficient (Wildman–Crippen LogP) is 3.67. The van der Waals surface area contributed by atoms with Crippen molar-refractivity contribution in [2.45, 2.75) is 11.1 Å². The van der Waals surface area contributed by atoms with E-state index in [0.717, 1.165) is 29.0 Å². The minimum atomic E-state index is -3.94. The molecule has 6 nitrogen and oxygen atoms in total. The average Bonchev–Trinajstić information content (AvgIpc) is 2.72. The Kier molecular flexibility index (Phi) is 4.30. The molecule has 2 rings (SSSR count). The summed E-state index contributed by atoms with van der Waals surface area (Å²) in [4.78, 5) is 9.75. The number of halogens is 2. The van der Waals surface area contributed by atoms with Gasteiger partial charge in [-0.25, -0.2) is 12.8 Å². The highest BCUT2D eigenvalue weighted by Crippen LogP contribution is 2.32. The molecular formula is C11H8BrFN2O4S2. The fourth-order valence-electron chi connectivity index (χ4n) is 1.46. The molecule has 0 aliphatic carbocycles. The standard InChI is InChI=1S/C11H8BrFN2O4S2/c1-6-4-10(20-11(6)12)21(18,19)14-9-3-2-7(15(16)17)5-8(9)13/h2-5,14H,1H3. The average molecular weight is 395 g/mol. The van der Waals surface area contributed by atoms with Crippen LogP contribution >= 0.6 is 27.3 Å². The van der Waals surface area contributed by atoms with Crippen LogP contribution in [0.5, 0.6) is 0 Å². The minimum Gasteiger partial charge on any atom is -0.276 e. The van der Waals surface area contributed by atoms with Crippen molar-refractivity contribution >= 4 is 48.7 Å². The third-order valence-corrected chi connectivity index (χ3v) is 6.48. The molecule has 1 N–H and O–H groups in total. The Morgan fingerprint density at radius 2 is 2.05 bits per heavy atom. The van der Waals surface area contributed by atoms with E-state index >= 15 is 0 Å². The number of nitro groups is 1. The first-order chi connectivity index (χ1) is 9.70. The summed E-state index contributed by atoms with van der Waals surface area (Å²) in [7, 11) is -3.94. The molecule has 112 valence electrons. The molecule has 0 aliphatic rings. The second-order valence-electron chi connectivity index (χ2n) is 4.05. The third-order valence-electron chi connectivity index (χ3n) is 2.51. The Morgan fingerprint density at radius 3 is 2.52 bits per heavy atom. The van der Waals surface area contributed by atoms with Gasteiger partial charge in [-0.1, -0.05) is 0 Å². The van der Waals surface area contributed by atoms with Gasteiger partial charge in [0.1, 0.15) is 4.21 Å². The second kappa shape index (κ2) is 5.70. The van der Waals surface area contributed by atoms with Crippen molar-refractivity contribution in [2.24, 2.45) is 0 Å². The van der Waals surface area contributed by atoms with Crippen LogP contribution in [0.2, 0.25) is 0 Å². The van der Waals surface area contributed by atoms with Crippen LogP contribution in [0.15, 0.2) is 32.3 Å². The first-order valence-electron chi connectivity index (χ1n) is 5.43. The number of nitrogens with one attached hydrogen (secondary N) is 1. The minimum absolute atomic E-state index is 0.0182. The summed E-state index contributed by atoms with van der Waals surface area (Å²) in [6.45, 7) is 1.73. The van der Waals surface area contributed by atoms with Gasteiger partial charge in [-0.3, -0.25) is 14.8 Å². The Hall–Kier alpha value is -1.52. The van der Waals surface area contributed by atoms with Crippen LogP contribution in [-0.4, -0.2) is 13.3 Å². The monoisotopic (exact) mass is 394 g/mol. The van der Waals surface area contributed by atoms with Gasteiger partial charge in [0.15, 0.2) is 5.82 Å². The van der Waals surface area contributed by atoms with Crippen LogP contribution in [0, 0.1) is 22.9 Å². The van der Waals surface area contributed by atoms with Crippen molar-refractivity contribution in [1.29, 1.82) is 0 Å². The number of non-ortho nitro benzene ring substituents is 1. The zero-order valence-electron chi connectivity index (χ0n) is 10.5. The maximum atomic E-state index is 13.7. The smallest absolute Gasteiger partial charge is 0.272 e. The molecule has 21 heavy (non-hydrogen) atoms. The molecule has 0 bridgehead atoms. The van der Waals surface area contributed by atoms with E-state index in [0.29, 0.717) is 9.85 Å². The molecule has 0 atom stereocenters. The van der Waals surface area contributed by atoms with Crippen molar-refractivity contribution in [2.75, 3.05) is 4.72 Å². The van der Waals surface area contributed by atoms with Gasteiger partial charge in [-0.05, 0) is 40.5 Å². The van der Waals surface area contributed by atoms with Crippen molar-refractivity contribution in [3.05, 3.63) is 49.5 Å². The van der Waals surface area contributed by atoms with E-state index in [9.17, 15) is 22.9 Å². The maximum Gasteiger partial charge on any atom is 0.272 e. The first kappa shape index (κ1) is 15.9. The Balaban J connectivity index is 2.35. The molecule has 1 aromatic heterocycles. The lowest BCUT2D eigenvalue weighted by Crippen LogP contribution is -2.12. The van der Waals surface area contributed by atoms with Gasteiger partial charge < -0.3 is 0 Å². The number of aryl methyl sites for hydroxylation is 1. The van der Waals surface area contributed by atoms with Gasteiger partial charge in [0.25, 0.3) is 15.7 Å². The van der Waals surface area contributed by atoms with Gasteiger partial charge in [0.05, 0.1) is 20.5 Å². The zero-order valence-corrected chi connectivity index (χ0v) is 13.7. The number of nitro benzene ring substituents is 1. The number of benzene rings is 1. The SMILES string of the molecule is Cc1cc(S(=O)(=O)Nc2ccc([N+](=O)[O-])cc2F)sc1Br. The van der Waals surface area contributed by atoms with Crippen LogP contribution in [0.1, 0.15) is 5.56 Å². The van der Waals surface area contributed by atoms with Crippen LogP contribution in [-0.2, 0) is 10.0 Å². The Morgan fingerprint density at radius 1 is 1.38 bits per heavy atom. The number of nitrogens with zero attached hydrogens (tertiary/aromatic N) is 1. The van der Waals surface area contributed by atoms with Gasteiger partial charge >= 0.3 is 0 Å². The summed E-state index contributed by atoms with van der Waals surface area (Å²) in [6.07, 6.45) is 0. The highest BCUT2D eigenvalue weighted by molar-refractivity contribution is 9.11. The molecule has 0 radical (unpaired) electrons. The zero-order chi connectivity index (χ0) is 15.8. The van der Waals surface area contributed by atoms with Crippen molar-refractivity contribution in [3.63, 3.8) is 0 Å². The van der Waals surface area contributed by atoms with E-state index in [4.69, 9.17) is 0 Å². The van der Waals surface area contributed by atoms with Gasteiger partial charge in [-0.15, -0.1) is 11.3 Å². The topological polar surface area (TPSA) is 89.3 Å². The molecule has 2 aromatic rings. The van der Waals surface area contributed by atoms with E-state index in [2.05, 4.69) is 20.7 Å². The summed E-state index contributed by atoms with van der Waals surface area (Å²) in [5.41, 5.74) is -0.0579. The molecule has 0 saturated carbocycles. The number of hydrogen-bond donors (Lipinski definition) is 1. The lowest BCUT2D eigenvalue weighted by Gasteiger charge is -2.06. The molecule has 1 aromatic carbocycles. The molecule has 0 saturated heterocycles. The van der Waals surface area contributed by atoms with Crippen molar-refractivity contribution in [1.82, 2.24) is 0 Å². The molecular weight excluding hydrogens is 387 g/mol. The lowest BCUT2D eigenvalue weighted by atomic mass is 10.3. The summed E-state index contributed by atoms with van der Waals surface area (Å²) >= 11 is 4.20.